The molecule has 28 heavy (non-hydrogen) atoms. The fraction of sp³-hybridized carbons (Fsp3) is 0.286. The molecule has 0 bridgehead atoms. The second-order valence-electron chi connectivity index (χ2n) is 6.79. The number of pyridine rings is 1. The molecule has 3 heterocycles. The third-order valence-electron chi connectivity index (χ3n) is 4.88. The molecule has 0 radical (unpaired) electrons. The molecule has 0 unspecified atom stereocenters. The normalized spacial score (nSPS) is 13.1. The molecule has 0 fully saturated rings. The van der Waals surface area contributed by atoms with E-state index in [0.29, 0.717) is 36.6 Å². The molecule has 144 valence electrons. The van der Waals surface area contributed by atoms with E-state index in [-0.39, 0.29) is 18.1 Å². The van der Waals surface area contributed by atoms with E-state index < -0.39 is 0 Å². The maximum atomic E-state index is 12.2. The predicted molar refractivity (Wildman–Crippen MR) is 104 cm³/mol. The number of nitrogens with one attached hydrogen (secondary N) is 1. The van der Waals surface area contributed by atoms with Gasteiger partial charge in [0, 0.05) is 25.2 Å². The van der Waals surface area contributed by atoms with Gasteiger partial charge in [-0.3, -0.25) is 9.59 Å². The minimum absolute atomic E-state index is 0.0110. The van der Waals surface area contributed by atoms with Crippen LogP contribution in [0.15, 0.2) is 46.1 Å². The first-order valence-corrected chi connectivity index (χ1v) is 9.23. The molecule has 7 heteroatoms. The van der Waals surface area contributed by atoms with Gasteiger partial charge in [0.2, 0.25) is 11.8 Å². The number of fused-ring (bicyclic) bond motifs is 1. The van der Waals surface area contributed by atoms with Crippen LogP contribution < -0.4 is 15.6 Å². The minimum atomic E-state index is -0.0309. The monoisotopic (exact) mass is 379 g/mol. The van der Waals surface area contributed by atoms with E-state index in [0.717, 1.165) is 22.3 Å². The first-order chi connectivity index (χ1) is 13.5. The van der Waals surface area contributed by atoms with Gasteiger partial charge >= 0.3 is 0 Å². The third-order valence-corrected chi connectivity index (χ3v) is 4.88. The van der Waals surface area contributed by atoms with Crippen LogP contribution in [0.3, 0.4) is 0 Å². The van der Waals surface area contributed by atoms with E-state index in [1.54, 1.807) is 17.8 Å². The lowest BCUT2D eigenvalue weighted by atomic mass is 9.96. The van der Waals surface area contributed by atoms with Gasteiger partial charge in [0.05, 0.1) is 11.9 Å². The summed E-state index contributed by atoms with van der Waals surface area (Å²) < 4.78 is 12.8. The van der Waals surface area contributed by atoms with Gasteiger partial charge in [0.25, 0.3) is 5.56 Å². The minimum Gasteiger partial charge on any atom is -0.482 e. The zero-order valence-corrected chi connectivity index (χ0v) is 15.8. The van der Waals surface area contributed by atoms with E-state index in [9.17, 15) is 9.59 Å². The molecule has 0 spiro atoms. The quantitative estimate of drug-likeness (QED) is 0.736. The lowest BCUT2D eigenvalue weighted by Crippen LogP contribution is -2.21. The van der Waals surface area contributed by atoms with Gasteiger partial charge in [-0.25, -0.2) is 4.98 Å². The molecule has 1 N–H and O–H groups in total. The molecule has 3 aromatic rings. The SMILES string of the molecule is CCc1cc(-c2cc3c(c(OCc4ncco4)c2)NC(=O)CC3)cn(C)c1=O. The highest BCUT2D eigenvalue weighted by Crippen LogP contribution is 2.38. The largest absolute Gasteiger partial charge is 0.482 e. The Hall–Kier alpha value is -3.35. The first-order valence-electron chi connectivity index (χ1n) is 9.23. The van der Waals surface area contributed by atoms with Crippen molar-refractivity contribution < 1.29 is 13.9 Å². The van der Waals surface area contributed by atoms with E-state index >= 15 is 0 Å². The Balaban J connectivity index is 1.78. The molecule has 1 aromatic carbocycles. The van der Waals surface area contributed by atoms with Crippen molar-refractivity contribution in [2.45, 2.75) is 32.8 Å². The zero-order valence-electron chi connectivity index (χ0n) is 15.8. The maximum absolute atomic E-state index is 12.2. The Bertz CT molecular complexity index is 1080. The summed E-state index contributed by atoms with van der Waals surface area (Å²) >= 11 is 0. The standard InChI is InChI=1S/C21H21N3O4/c1-3-13-8-16(11-24(2)21(13)26)15-9-14-4-5-18(25)23-20(14)17(10-15)28-12-19-22-6-7-27-19/h6-11H,3-5,12H2,1-2H3,(H,23,25). The summed E-state index contributed by atoms with van der Waals surface area (Å²) in [6, 6.07) is 5.85. The van der Waals surface area contributed by atoms with Crippen LogP contribution in [-0.2, 0) is 31.3 Å². The highest BCUT2D eigenvalue weighted by molar-refractivity contribution is 5.96. The molecular weight excluding hydrogens is 358 g/mol. The molecule has 2 aromatic heterocycles. The second-order valence-corrected chi connectivity index (χ2v) is 6.79. The summed E-state index contributed by atoms with van der Waals surface area (Å²) in [7, 11) is 1.75. The summed E-state index contributed by atoms with van der Waals surface area (Å²) in [5.74, 6) is 0.985. The molecule has 0 saturated carbocycles. The van der Waals surface area contributed by atoms with Gasteiger partial charge in [0.1, 0.15) is 12.0 Å². The van der Waals surface area contributed by atoms with Gasteiger partial charge in [-0.15, -0.1) is 0 Å². The Morgan fingerprint density at radius 1 is 1.21 bits per heavy atom. The van der Waals surface area contributed by atoms with Crippen molar-refractivity contribution in [2.24, 2.45) is 7.05 Å². The first kappa shape index (κ1) is 18.0. The molecule has 7 nitrogen and oxygen atoms in total. The number of aromatic nitrogens is 2. The number of carbonyl (C=O) groups excluding carboxylic acids is 1. The maximum Gasteiger partial charge on any atom is 0.253 e. The van der Waals surface area contributed by atoms with Crippen molar-refractivity contribution in [3.63, 3.8) is 0 Å². The summed E-state index contributed by atoms with van der Waals surface area (Å²) in [5.41, 5.74) is 4.32. The van der Waals surface area contributed by atoms with Crippen LogP contribution in [0.4, 0.5) is 5.69 Å². The van der Waals surface area contributed by atoms with Crippen LogP contribution in [-0.4, -0.2) is 15.5 Å². The van der Waals surface area contributed by atoms with Gasteiger partial charge in [0.15, 0.2) is 6.61 Å². The number of amides is 1. The molecule has 1 aliphatic heterocycles. The Kier molecular flexibility index (Phi) is 4.73. The predicted octanol–water partition coefficient (Wildman–Crippen LogP) is 3.07. The van der Waals surface area contributed by atoms with Crippen molar-refractivity contribution in [1.82, 2.24) is 9.55 Å². The van der Waals surface area contributed by atoms with Crippen molar-refractivity contribution >= 4 is 11.6 Å². The molecule has 0 aliphatic carbocycles. The van der Waals surface area contributed by atoms with E-state index in [1.807, 2.05) is 31.3 Å². The Labute approximate surface area is 162 Å². The number of oxazole rings is 1. The summed E-state index contributed by atoms with van der Waals surface area (Å²) in [4.78, 5) is 28.2. The van der Waals surface area contributed by atoms with Crippen LogP contribution in [0.5, 0.6) is 5.75 Å². The molecule has 0 saturated heterocycles. The summed E-state index contributed by atoms with van der Waals surface area (Å²) in [6.07, 6.45) is 6.60. The smallest absolute Gasteiger partial charge is 0.253 e. The van der Waals surface area contributed by atoms with E-state index in [2.05, 4.69) is 10.3 Å². The molecular formula is C21H21N3O4. The van der Waals surface area contributed by atoms with Crippen LogP contribution in [0.2, 0.25) is 0 Å². The summed E-state index contributed by atoms with van der Waals surface area (Å²) in [6.45, 7) is 2.13. The second kappa shape index (κ2) is 7.34. The van der Waals surface area contributed by atoms with Crippen molar-refractivity contribution in [3.05, 3.63) is 64.2 Å². The number of carbonyl (C=O) groups is 1. The number of benzene rings is 1. The van der Waals surface area contributed by atoms with Crippen molar-refractivity contribution in [3.8, 4) is 16.9 Å². The van der Waals surface area contributed by atoms with Gasteiger partial charge in [-0.1, -0.05) is 6.92 Å². The summed E-state index contributed by atoms with van der Waals surface area (Å²) in [5, 5.41) is 2.91. The van der Waals surface area contributed by atoms with Crippen LogP contribution in [0.25, 0.3) is 11.1 Å². The number of hydrogen-bond donors (Lipinski definition) is 1. The average Bonchev–Trinajstić information content (AvgIpc) is 3.21. The van der Waals surface area contributed by atoms with Crippen LogP contribution in [0, 0.1) is 0 Å². The van der Waals surface area contributed by atoms with Gasteiger partial charge in [-0.05, 0) is 47.7 Å². The van der Waals surface area contributed by atoms with E-state index in [1.165, 1.54) is 6.26 Å². The number of hydrogen-bond acceptors (Lipinski definition) is 5. The molecule has 1 aliphatic rings. The van der Waals surface area contributed by atoms with Gasteiger partial charge < -0.3 is 19.0 Å². The Morgan fingerprint density at radius 2 is 2.07 bits per heavy atom. The zero-order chi connectivity index (χ0) is 19.7. The third kappa shape index (κ3) is 3.43. The highest BCUT2D eigenvalue weighted by Gasteiger charge is 2.21. The van der Waals surface area contributed by atoms with Gasteiger partial charge in [-0.2, -0.15) is 0 Å². The lowest BCUT2D eigenvalue weighted by Gasteiger charge is -2.22. The fourth-order valence-electron chi connectivity index (χ4n) is 3.40. The van der Waals surface area contributed by atoms with Crippen molar-refractivity contribution in [2.75, 3.05) is 5.32 Å². The molecule has 1 amide bonds. The van der Waals surface area contributed by atoms with Crippen molar-refractivity contribution in [1.29, 1.82) is 0 Å². The number of rotatable bonds is 5. The number of ether oxygens (including phenoxy) is 1. The number of aryl methyl sites for hydroxylation is 3. The number of nitrogens with zero attached hydrogens (tertiary/aromatic N) is 2. The highest BCUT2D eigenvalue weighted by atomic mass is 16.5. The molecule has 4 rings (SSSR count). The van der Waals surface area contributed by atoms with Crippen LogP contribution in [0.1, 0.15) is 30.4 Å². The van der Waals surface area contributed by atoms with Crippen LogP contribution >= 0.6 is 0 Å². The Morgan fingerprint density at radius 3 is 2.82 bits per heavy atom. The number of anilines is 1. The van der Waals surface area contributed by atoms with E-state index in [4.69, 9.17) is 9.15 Å². The fourth-order valence-corrected chi connectivity index (χ4v) is 3.40. The lowest BCUT2D eigenvalue weighted by molar-refractivity contribution is -0.116. The topological polar surface area (TPSA) is 86.4 Å². The molecule has 0 atom stereocenters. The average molecular weight is 379 g/mol.